The molecule has 0 radical (unpaired) electrons. The molecule has 0 aromatic heterocycles. The predicted octanol–water partition coefficient (Wildman–Crippen LogP) is 4.21. The van der Waals surface area contributed by atoms with Gasteiger partial charge in [0, 0.05) is 42.7 Å². The molecule has 3 N–H and O–H groups in total. The topological polar surface area (TPSA) is 106 Å². The minimum atomic E-state index is -0.438. The number of guanidine groups is 1. The number of nitrogens with zero attached hydrogens (tertiary/aromatic N) is 2. The van der Waals surface area contributed by atoms with Gasteiger partial charge in [-0.25, -0.2) is 4.99 Å². The second-order valence-corrected chi connectivity index (χ2v) is 11.4. The van der Waals surface area contributed by atoms with Crippen LogP contribution in [-0.4, -0.2) is 53.6 Å². The lowest BCUT2D eigenvalue weighted by Gasteiger charge is -2.40. The summed E-state index contributed by atoms with van der Waals surface area (Å²) < 4.78 is 11.4. The molecule has 3 aliphatic rings. The highest BCUT2D eigenvalue weighted by molar-refractivity contribution is 6.31. The lowest BCUT2D eigenvalue weighted by molar-refractivity contribution is -0.133. The SMILES string of the molecule is CCC1(CC)CC(=O)N(C(CCOC)[C@@H]2C[C@H]2C(=O)NC2CC(C)(C)Oc3cccc(Cl)c32)C(N)=N1. The van der Waals surface area contributed by atoms with Crippen LogP contribution >= 0.6 is 11.6 Å². The molecule has 1 aromatic rings. The molecule has 0 spiro atoms. The van der Waals surface area contributed by atoms with Gasteiger partial charge in [0.15, 0.2) is 5.96 Å². The fourth-order valence-corrected chi connectivity index (χ4v) is 6.14. The van der Waals surface area contributed by atoms with Gasteiger partial charge < -0.3 is 20.5 Å². The van der Waals surface area contributed by atoms with Crippen LogP contribution in [0.4, 0.5) is 0 Å². The number of nitrogens with one attached hydrogen (secondary N) is 1. The van der Waals surface area contributed by atoms with Crippen molar-refractivity contribution in [2.45, 2.75) is 89.4 Å². The zero-order valence-electron chi connectivity index (χ0n) is 22.0. The van der Waals surface area contributed by atoms with Crippen LogP contribution in [-0.2, 0) is 14.3 Å². The van der Waals surface area contributed by atoms with Crippen molar-refractivity contribution >= 4 is 29.4 Å². The Morgan fingerprint density at radius 2 is 2.08 bits per heavy atom. The molecule has 198 valence electrons. The summed E-state index contributed by atoms with van der Waals surface area (Å²) >= 11 is 6.51. The molecule has 1 aliphatic carbocycles. The van der Waals surface area contributed by atoms with E-state index in [9.17, 15) is 9.59 Å². The number of rotatable bonds is 9. The normalized spacial score (nSPS) is 26.9. The second kappa shape index (κ2) is 10.2. The molecule has 0 saturated heterocycles. The highest BCUT2D eigenvalue weighted by Crippen LogP contribution is 2.48. The Kier molecular flexibility index (Phi) is 7.58. The van der Waals surface area contributed by atoms with Gasteiger partial charge in [-0.3, -0.25) is 14.5 Å². The van der Waals surface area contributed by atoms with E-state index < -0.39 is 11.1 Å². The Morgan fingerprint density at radius 3 is 2.72 bits per heavy atom. The Bertz CT molecular complexity index is 1040. The van der Waals surface area contributed by atoms with Crippen molar-refractivity contribution in [1.29, 1.82) is 0 Å². The van der Waals surface area contributed by atoms with Crippen molar-refractivity contribution in [1.82, 2.24) is 10.2 Å². The van der Waals surface area contributed by atoms with Gasteiger partial charge in [-0.2, -0.15) is 0 Å². The summed E-state index contributed by atoms with van der Waals surface area (Å²) in [6, 6.07) is 5.08. The fourth-order valence-electron chi connectivity index (χ4n) is 5.84. The molecule has 2 heterocycles. The summed E-state index contributed by atoms with van der Waals surface area (Å²) in [5, 5.41) is 3.81. The third kappa shape index (κ3) is 5.21. The highest BCUT2D eigenvalue weighted by atomic mass is 35.5. The molecule has 4 atom stereocenters. The number of hydrogen-bond donors (Lipinski definition) is 2. The Labute approximate surface area is 218 Å². The molecular weight excluding hydrogens is 480 g/mol. The average Bonchev–Trinajstić information content (AvgIpc) is 3.60. The zero-order chi connectivity index (χ0) is 26.3. The largest absolute Gasteiger partial charge is 0.487 e. The molecule has 0 bridgehead atoms. The number of amides is 2. The molecule has 36 heavy (non-hydrogen) atoms. The van der Waals surface area contributed by atoms with Gasteiger partial charge >= 0.3 is 0 Å². The van der Waals surface area contributed by atoms with Crippen LogP contribution in [0.15, 0.2) is 23.2 Å². The van der Waals surface area contributed by atoms with Gasteiger partial charge in [-0.05, 0) is 57.6 Å². The number of benzene rings is 1. The number of carbonyl (C=O) groups is 2. The van der Waals surface area contributed by atoms with Crippen molar-refractivity contribution in [2.24, 2.45) is 22.6 Å². The highest BCUT2D eigenvalue weighted by Gasteiger charge is 2.53. The van der Waals surface area contributed by atoms with Crippen LogP contribution in [0.3, 0.4) is 0 Å². The average molecular weight is 519 g/mol. The number of hydrogen-bond acceptors (Lipinski definition) is 6. The fraction of sp³-hybridized carbons (Fsp3) is 0.667. The number of methoxy groups -OCH3 is 1. The van der Waals surface area contributed by atoms with Gasteiger partial charge in [0.2, 0.25) is 11.8 Å². The molecule has 8 nitrogen and oxygen atoms in total. The van der Waals surface area contributed by atoms with E-state index in [1.165, 1.54) is 0 Å². The third-order valence-electron chi connectivity index (χ3n) is 8.04. The van der Waals surface area contributed by atoms with Crippen molar-refractivity contribution in [2.75, 3.05) is 13.7 Å². The van der Waals surface area contributed by atoms with Crippen molar-refractivity contribution in [3.63, 3.8) is 0 Å². The van der Waals surface area contributed by atoms with Crippen LogP contribution in [0.2, 0.25) is 5.02 Å². The molecule has 4 rings (SSSR count). The van der Waals surface area contributed by atoms with Crippen LogP contribution in [0, 0.1) is 11.8 Å². The standard InChI is InChI=1S/C27H39ClN4O4/c1-6-27(7-2)15-22(33)32(25(29)31-27)20(11-12-35-5)16-13-17(16)24(34)30-19-14-26(3,4)36-21-10-8-9-18(28)23(19)21/h8-10,16-17,19-20H,6-7,11-15H2,1-5H3,(H2,29,31)(H,30,34)/t16-,17-,19?,20?/m1/s1. The van der Waals surface area contributed by atoms with Crippen molar-refractivity contribution in [3.05, 3.63) is 28.8 Å². The second-order valence-electron chi connectivity index (χ2n) is 11.0. The number of carbonyl (C=O) groups excluding carboxylic acids is 2. The molecular formula is C27H39ClN4O4. The number of nitrogens with two attached hydrogens (primary N) is 1. The molecule has 1 saturated carbocycles. The van der Waals surface area contributed by atoms with E-state index >= 15 is 0 Å². The van der Waals surface area contributed by atoms with Gasteiger partial charge in [0.05, 0.1) is 18.0 Å². The van der Waals surface area contributed by atoms with E-state index in [1.54, 1.807) is 12.0 Å². The van der Waals surface area contributed by atoms with E-state index in [2.05, 4.69) is 5.32 Å². The van der Waals surface area contributed by atoms with Gasteiger partial charge in [0.1, 0.15) is 11.4 Å². The predicted molar refractivity (Wildman–Crippen MR) is 140 cm³/mol. The monoisotopic (exact) mass is 518 g/mol. The zero-order valence-corrected chi connectivity index (χ0v) is 22.7. The van der Waals surface area contributed by atoms with Gasteiger partial charge in [-0.15, -0.1) is 0 Å². The summed E-state index contributed by atoms with van der Waals surface area (Å²) in [4.78, 5) is 33.1. The van der Waals surface area contributed by atoms with Crippen molar-refractivity contribution in [3.8, 4) is 5.75 Å². The first-order valence-corrected chi connectivity index (χ1v) is 13.4. The van der Waals surface area contributed by atoms with Crippen LogP contribution in [0.5, 0.6) is 5.75 Å². The van der Waals surface area contributed by atoms with E-state index in [4.69, 9.17) is 31.8 Å². The maximum absolute atomic E-state index is 13.4. The molecule has 9 heteroatoms. The first-order chi connectivity index (χ1) is 17.0. The van der Waals surface area contributed by atoms with Gasteiger partial charge in [-0.1, -0.05) is 31.5 Å². The summed E-state index contributed by atoms with van der Waals surface area (Å²) in [5.41, 5.74) is 6.33. The van der Waals surface area contributed by atoms with E-state index in [1.807, 2.05) is 45.9 Å². The lowest BCUT2D eigenvalue weighted by atomic mass is 9.87. The van der Waals surface area contributed by atoms with E-state index in [0.717, 1.165) is 18.4 Å². The number of aliphatic imine (C=N–C) groups is 1. The summed E-state index contributed by atoms with van der Waals surface area (Å²) in [6.07, 6.45) is 3.74. The minimum absolute atomic E-state index is 0.00725. The molecule has 1 aromatic carbocycles. The number of ether oxygens (including phenoxy) is 2. The lowest BCUT2D eigenvalue weighted by Crippen LogP contribution is -2.56. The molecule has 1 fully saturated rings. The molecule has 2 aliphatic heterocycles. The number of fused-ring (bicyclic) bond motifs is 1. The maximum atomic E-state index is 13.4. The first-order valence-electron chi connectivity index (χ1n) is 13.0. The third-order valence-corrected chi connectivity index (χ3v) is 8.37. The maximum Gasteiger partial charge on any atom is 0.231 e. The minimum Gasteiger partial charge on any atom is -0.487 e. The molecule has 2 unspecified atom stereocenters. The Hall–Kier alpha value is -2.32. The van der Waals surface area contributed by atoms with Gasteiger partial charge in [0.25, 0.3) is 0 Å². The Balaban J connectivity index is 1.52. The first kappa shape index (κ1) is 26.7. The smallest absolute Gasteiger partial charge is 0.231 e. The van der Waals surface area contributed by atoms with Crippen LogP contribution in [0.25, 0.3) is 0 Å². The van der Waals surface area contributed by atoms with E-state index in [0.29, 0.717) is 43.1 Å². The number of halogens is 1. The quantitative estimate of drug-likeness (QED) is 0.509. The van der Waals surface area contributed by atoms with Crippen LogP contribution < -0.4 is 15.8 Å². The molecule has 2 amide bonds. The summed E-state index contributed by atoms with van der Waals surface area (Å²) in [6.45, 7) is 8.56. The Morgan fingerprint density at radius 1 is 1.36 bits per heavy atom. The summed E-state index contributed by atoms with van der Waals surface area (Å²) in [5.74, 6) is 0.680. The van der Waals surface area contributed by atoms with E-state index in [-0.39, 0.29) is 41.7 Å². The van der Waals surface area contributed by atoms with Crippen LogP contribution in [0.1, 0.15) is 77.8 Å². The van der Waals surface area contributed by atoms with Crippen molar-refractivity contribution < 1.29 is 19.1 Å². The summed E-state index contributed by atoms with van der Waals surface area (Å²) in [7, 11) is 1.64.